The van der Waals surface area contributed by atoms with Gasteiger partial charge in [-0.2, -0.15) is 0 Å². The van der Waals surface area contributed by atoms with Crippen molar-refractivity contribution in [3.63, 3.8) is 0 Å². The summed E-state index contributed by atoms with van der Waals surface area (Å²) in [5.74, 6) is 0.0159. The summed E-state index contributed by atoms with van der Waals surface area (Å²) in [5, 5.41) is 9.25. The predicted octanol–water partition coefficient (Wildman–Crippen LogP) is 1.77. The first kappa shape index (κ1) is 17.6. The van der Waals surface area contributed by atoms with E-state index in [2.05, 4.69) is 9.55 Å². The smallest absolute Gasteiger partial charge is 0.256 e. The van der Waals surface area contributed by atoms with Crippen LogP contribution in [0.3, 0.4) is 0 Å². The molecule has 6 nitrogen and oxygen atoms in total. The van der Waals surface area contributed by atoms with E-state index in [9.17, 15) is 9.90 Å². The highest BCUT2D eigenvalue weighted by Crippen LogP contribution is 2.21. The molecule has 3 rings (SSSR count). The van der Waals surface area contributed by atoms with Crippen molar-refractivity contribution in [2.24, 2.45) is 0 Å². The number of ether oxygens (including phenoxy) is 1. The van der Waals surface area contributed by atoms with Crippen molar-refractivity contribution in [1.82, 2.24) is 14.5 Å². The lowest BCUT2D eigenvalue weighted by atomic mass is 10.1. The second-order valence-electron chi connectivity index (χ2n) is 6.43. The first-order valence-electron chi connectivity index (χ1n) is 8.68. The quantitative estimate of drug-likeness (QED) is 0.898. The number of carbonyl (C=O) groups excluding carboxylic acids is 1. The van der Waals surface area contributed by atoms with E-state index in [-0.39, 0.29) is 18.6 Å². The first-order chi connectivity index (χ1) is 12.1. The highest BCUT2D eigenvalue weighted by molar-refractivity contribution is 5.96. The molecule has 1 amide bonds. The van der Waals surface area contributed by atoms with Gasteiger partial charge in [0.1, 0.15) is 0 Å². The minimum atomic E-state index is -0.0647. The lowest BCUT2D eigenvalue weighted by Gasteiger charge is -2.35. The maximum atomic E-state index is 13.1. The highest BCUT2D eigenvalue weighted by atomic mass is 16.5. The molecular weight excluding hydrogens is 318 g/mol. The summed E-state index contributed by atoms with van der Waals surface area (Å²) in [6.07, 6.45) is 2.32. The van der Waals surface area contributed by atoms with E-state index in [0.717, 1.165) is 22.6 Å². The number of nitrogens with zero attached hydrogens (tertiary/aromatic N) is 3. The maximum absolute atomic E-state index is 13.1. The Kier molecular flexibility index (Phi) is 5.50. The Labute approximate surface area is 148 Å². The van der Waals surface area contributed by atoms with Crippen molar-refractivity contribution in [2.45, 2.75) is 32.9 Å². The Morgan fingerprint density at radius 2 is 2.24 bits per heavy atom. The Morgan fingerprint density at radius 3 is 2.96 bits per heavy atom. The van der Waals surface area contributed by atoms with E-state index < -0.39 is 0 Å². The van der Waals surface area contributed by atoms with E-state index in [1.54, 1.807) is 6.20 Å². The third kappa shape index (κ3) is 3.75. The van der Waals surface area contributed by atoms with Crippen LogP contribution in [0.1, 0.15) is 33.9 Å². The number of pyridine rings is 1. The van der Waals surface area contributed by atoms with Crippen LogP contribution in [0.15, 0.2) is 30.5 Å². The average Bonchev–Trinajstić information content (AvgIpc) is 2.91. The normalized spacial score (nSPS) is 17.7. The van der Waals surface area contributed by atoms with Gasteiger partial charge in [-0.1, -0.05) is 6.07 Å². The van der Waals surface area contributed by atoms with Crippen molar-refractivity contribution in [2.75, 3.05) is 26.4 Å². The fraction of sp³-hybridized carbons (Fsp3) is 0.474. The molecule has 1 aliphatic heterocycles. The number of aliphatic hydroxyl groups excluding tert-OH is 1. The van der Waals surface area contributed by atoms with Gasteiger partial charge in [0.2, 0.25) is 0 Å². The lowest BCUT2D eigenvalue weighted by Crippen LogP contribution is -2.49. The van der Waals surface area contributed by atoms with Gasteiger partial charge in [0, 0.05) is 30.7 Å². The lowest BCUT2D eigenvalue weighted by molar-refractivity contribution is -0.00833. The number of morpholine rings is 1. The summed E-state index contributed by atoms with van der Waals surface area (Å²) < 4.78 is 7.59. The van der Waals surface area contributed by atoms with E-state index in [1.807, 2.05) is 43.0 Å². The SMILES string of the molecule is Cc1cc(C(=O)N2CCOCC2CCO)c(C)n1Cc1ccccn1. The fourth-order valence-corrected chi connectivity index (χ4v) is 3.38. The standard InChI is InChI=1S/C19H25N3O3/c1-14-11-18(15(2)22(14)12-16-5-3-4-7-20-16)19(24)21-8-10-25-13-17(21)6-9-23/h3-5,7,11,17,23H,6,8-10,12-13H2,1-2H3. The van der Waals surface area contributed by atoms with Crippen LogP contribution in [-0.2, 0) is 11.3 Å². The molecule has 0 saturated carbocycles. The molecule has 2 aromatic heterocycles. The Morgan fingerprint density at radius 1 is 1.40 bits per heavy atom. The van der Waals surface area contributed by atoms with Gasteiger partial charge in [-0.05, 0) is 38.5 Å². The molecule has 6 heteroatoms. The van der Waals surface area contributed by atoms with Gasteiger partial charge in [0.25, 0.3) is 5.91 Å². The minimum absolute atomic E-state index is 0.0159. The molecule has 1 fully saturated rings. The number of hydrogen-bond donors (Lipinski definition) is 1. The highest BCUT2D eigenvalue weighted by Gasteiger charge is 2.29. The van der Waals surface area contributed by atoms with Crippen LogP contribution >= 0.6 is 0 Å². The molecular formula is C19H25N3O3. The molecule has 1 atom stereocenters. The molecule has 1 N–H and O–H groups in total. The second-order valence-corrected chi connectivity index (χ2v) is 6.43. The molecule has 0 spiro atoms. The molecule has 25 heavy (non-hydrogen) atoms. The summed E-state index contributed by atoms with van der Waals surface area (Å²) in [4.78, 5) is 19.3. The molecule has 1 unspecified atom stereocenters. The maximum Gasteiger partial charge on any atom is 0.256 e. The van der Waals surface area contributed by atoms with Gasteiger partial charge < -0.3 is 19.3 Å². The summed E-state index contributed by atoms with van der Waals surface area (Å²) in [7, 11) is 0. The minimum Gasteiger partial charge on any atom is -0.396 e. The number of aliphatic hydroxyl groups is 1. The average molecular weight is 343 g/mol. The van der Waals surface area contributed by atoms with Crippen LogP contribution < -0.4 is 0 Å². The van der Waals surface area contributed by atoms with Gasteiger partial charge in [-0.3, -0.25) is 9.78 Å². The van der Waals surface area contributed by atoms with Crippen LogP contribution in [0.5, 0.6) is 0 Å². The number of amides is 1. The molecule has 3 heterocycles. The zero-order valence-corrected chi connectivity index (χ0v) is 14.8. The second kappa shape index (κ2) is 7.80. The molecule has 1 aliphatic rings. The van der Waals surface area contributed by atoms with Gasteiger partial charge in [0.15, 0.2) is 0 Å². The van der Waals surface area contributed by atoms with Crippen LogP contribution in [0.4, 0.5) is 0 Å². The van der Waals surface area contributed by atoms with E-state index in [4.69, 9.17) is 4.74 Å². The monoisotopic (exact) mass is 343 g/mol. The summed E-state index contributed by atoms with van der Waals surface area (Å²) in [6, 6.07) is 7.74. The molecule has 134 valence electrons. The zero-order valence-electron chi connectivity index (χ0n) is 14.8. The van der Waals surface area contributed by atoms with Gasteiger partial charge in [-0.25, -0.2) is 0 Å². The van der Waals surface area contributed by atoms with Crippen LogP contribution in [0.25, 0.3) is 0 Å². The summed E-state index contributed by atoms with van der Waals surface area (Å²) >= 11 is 0. The van der Waals surface area contributed by atoms with Crippen LogP contribution in [-0.4, -0.2) is 57.9 Å². The zero-order chi connectivity index (χ0) is 17.8. The topological polar surface area (TPSA) is 67.6 Å². The Hall–Kier alpha value is -2.18. The number of carbonyl (C=O) groups is 1. The van der Waals surface area contributed by atoms with Crippen molar-refractivity contribution in [3.8, 4) is 0 Å². The molecule has 2 aromatic rings. The third-order valence-electron chi connectivity index (χ3n) is 4.80. The largest absolute Gasteiger partial charge is 0.396 e. The molecule has 0 radical (unpaired) electrons. The van der Waals surface area contributed by atoms with Crippen LogP contribution in [0, 0.1) is 13.8 Å². The fourth-order valence-electron chi connectivity index (χ4n) is 3.38. The molecule has 1 saturated heterocycles. The van der Waals surface area contributed by atoms with Crippen molar-refractivity contribution >= 4 is 5.91 Å². The van der Waals surface area contributed by atoms with E-state index >= 15 is 0 Å². The Balaban J connectivity index is 1.84. The third-order valence-corrected chi connectivity index (χ3v) is 4.80. The van der Waals surface area contributed by atoms with E-state index in [0.29, 0.717) is 32.7 Å². The number of rotatable bonds is 5. The molecule has 0 aliphatic carbocycles. The summed E-state index contributed by atoms with van der Waals surface area (Å²) in [6.45, 7) is 6.28. The molecule has 0 bridgehead atoms. The van der Waals surface area contributed by atoms with Crippen LogP contribution in [0.2, 0.25) is 0 Å². The van der Waals surface area contributed by atoms with Gasteiger partial charge >= 0.3 is 0 Å². The number of aryl methyl sites for hydroxylation is 1. The summed E-state index contributed by atoms with van der Waals surface area (Å²) in [5.41, 5.74) is 3.67. The van der Waals surface area contributed by atoms with Crippen molar-refractivity contribution < 1.29 is 14.6 Å². The number of aromatic nitrogens is 2. The Bertz CT molecular complexity index is 725. The van der Waals surface area contributed by atoms with Gasteiger partial charge in [-0.15, -0.1) is 0 Å². The van der Waals surface area contributed by atoms with Crippen molar-refractivity contribution in [3.05, 3.63) is 53.1 Å². The first-order valence-corrected chi connectivity index (χ1v) is 8.68. The predicted molar refractivity (Wildman–Crippen MR) is 94.6 cm³/mol. The van der Waals surface area contributed by atoms with E-state index in [1.165, 1.54) is 0 Å². The number of hydrogen-bond acceptors (Lipinski definition) is 4. The van der Waals surface area contributed by atoms with Gasteiger partial charge in [0.05, 0.1) is 37.1 Å². The van der Waals surface area contributed by atoms with Crippen molar-refractivity contribution in [1.29, 1.82) is 0 Å². The molecule has 0 aromatic carbocycles.